The summed E-state index contributed by atoms with van der Waals surface area (Å²) in [7, 11) is 0. The van der Waals surface area contributed by atoms with Crippen LogP contribution in [0.3, 0.4) is 0 Å². The molecule has 0 aliphatic rings. The van der Waals surface area contributed by atoms with Crippen LogP contribution in [0.2, 0.25) is 5.02 Å². The molecule has 1 aromatic carbocycles. The lowest BCUT2D eigenvalue weighted by Gasteiger charge is -2.02. The summed E-state index contributed by atoms with van der Waals surface area (Å²) in [6.45, 7) is 0.557. The number of aromatic nitrogens is 1. The minimum Gasteiger partial charge on any atom is -0.441 e. The van der Waals surface area contributed by atoms with Crippen molar-refractivity contribution in [1.29, 1.82) is 0 Å². The van der Waals surface area contributed by atoms with E-state index in [4.69, 9.17) is 21.1 Å². The summed E-state index contributed by atoms with van der Waals surface area (Å²) >= 11 is 5.83. The highest BCUT2D eigenvalue weighted by Gasteiger charge is 2.08. The largest absolute Gasteiger partial charge is 0.441 e. The zero-order valence-electron chi connectivity index (χ0n) is 11.5. The van der Waals surface area contributed by atoms with Gasteiger partial charge in [-0.15, -0.1) is 0 Å². The van der Waals surface area contributed by atoms with E-state index in [1.165, 1.54) is 0 Å². The highest BCUT2D eigenvalue weighted by molar-refractivity contribution is 6.30. The van der Waals surface area contributed by atoms with Crippen LogP contribution in [0.15, 0.2) is 34.9 Å². The van der Waals surface area contributed by atoms with Crippen LogP contribution in [-0.2, 0) is 11.2 Å². The van der Waals surface area contributed by atoms with Crippen molar-refractivity contribution < 1.29 is 14.3 Å². The van der Waals surface area contributed by atoms with Gasteiger partial charge in [0.2, 0.25) is 5.91 Å². The van der Waals surface area contributed by atoms with Crippen molar-refractivity contribution in [3.05, 3.63) is 41.4 Å². The standard InChI is InChI=1S/C15H17ClN2O3/c16-12-4-2-11(3-5-12)13-10-18-15(21-13)7-6-14(20)17-8-1-9-19/h2-5,10,19H,1,6-9H2,(H,17,20). The van der Waals surface area contributed by atoms with Gasteiger partial charge in [-0.2, -0.15) is 0 Å². The number of oxazole rings is 1. The van der Waals surface area contributed by atoms with Gasteiger partial charge in [0.15, 0.2) is 11.7 Å². The smallest absolute Gasteiger partial charge is 0.220 e. The molecule has 5 nitrogen and oxygen atoms in total. The van der Waals surface area contributed by atoms with Gasteiger partial charge in [0.05, 0.1) is 6.20 Å². The van der Waals surface area contributed by atoms with Crippen LogP contribution in [0.25, 0.3) is 11.3 Å². The van der Waals surface area contributed by atoms with Crippen LogP contribution >= 0.6 is 11.6 Å². The predicted octanol–water partition coefficient (Wildman–Crippen LogP) is 2.43. The van der Waals surface area contributed by atoms with Crippen molar-refractivity contribution in [1.82, 2.24) is 10.3 Å². The molecule has 112 valence electrons. The molecular formula is C15H17ClN2O3. The van der Waals surface area contributed by atoms with E-state index in [2.05, 4.69) is 10.3 Å². The van der Waals surface area contributed by atoms with Gasteiger partial charge in [-0.25, -0.2) is 4.98 Å². The lowest BCUT2D eigenvalue weighted by molar-refractivity contribution is -0.121. The summed E-state index contributed by atoms with van der Waals surface area (Å²) in [6, 6.07) is 7.28. The third-order valence-corrected chi connectivity index (χ3v) is 3.16. The van der Waals surface area contributed by atoms with E-state index in [1.807, 2.05) is 12.1 Å². The highest BCUT2D eigenvalue weighted by atomic mass is 35.5. The maximum absolute atomic E-state index is 11.5. The van der Waals surface area contributed by atoms with Gasteiger partial charge in [0.25, 0.3) is 0 Å². The van der Waals surface area contributed by atoms with Gasteiger partial charge < -0.3 is 14.8 Å². The molecule has 0 aliphatic carbocycles. The number of rotatable bonds is 7. The van der Waals surface area contributed by atoms with E-state index in [-0.39, 0.29) is 12.5 Å². The average molecular weight is 309 g/mol. The number of aliphatic hydroxyl groups excluding tert-OH is 1. The van der Waals surface area contributed by atoms with E-state index in [9.17, 15) is 4.79 Å². The second-order valence-electron chi connectivity index (χ2n) is 4.55. The summed E-state index contributed by atoms with van der Waals surface area (Å²) in [5, 5.41) is 12.0. The number of carbonyl (C=O) groups excluding carboxylic acids is 1. The molecule has 0 saturated heterocycles. The third-order valence-electron chi connectivity index (χ3n) is 2.91. The first-order valence-electron chi connectivity index (χ1n) is 6.77. The summed E-state index contributed by atoms with van der Waals surface area (Å²) in [4.78, 5) is 15.7. The Balaban J connectivity index is 1.86. The summed E-state index contributed by atoms with van der Waals surface area (Å²) in [5.74, 6) is 1.11. The van der Waals surface area contributed by atoms with Crippen LogP contribution in [0, 0.1) is 0 Å². The number of nitrogens with one attached hydrogen (secondary N) is 1. The van der Waals surface area contributed by atoms with Gasteiger partial charge in [0, 0.05) is 36.6 Å². The topological polar surface area (TPSA) is 75.4 Å². The van der Waals surface area contributed by atoms with Crippen LogP contribution in [-0.4, -0.2) is 29.1 Å². The van der Waals surface area contributed by atoms with Gasteiger partial charge >= 0.3 is 0 Å². The van der Waals surface area contributed by atoms with E-state index in [1.54, 1.807) is 18.3 Å². The number of hydrogen-bond donors (Lipinski definition) is 2. The molecule has 0 aliphatic heterocycles. The molecule has 6 heteroatoms. The minimum atomic E-state index is -0.0744. The Morgan fingerprint density at radius 1 is 1.33 bits per heavy atom. The summed E-state index contributed by atoms with van der Waals surface area (Å²) in [5.41, 5.74) is 0.894. The minimum absolute atomic E-state index is 0.0739. The molecule has 0 atom stereocenters. The van der Waals surface area contributed by atoms with E-state index in [0.717, 1.165) is 5.56 Å². The molecular weight excluding hydrogens is 292 g/mol. The molecule has 0 radical (unpaired) electrons. The fourth-order valence-corrected chi connectivity index (χ4v) is 1.92. The van der Waals surface area contributed by atoms with E-state index in [0.29, 0.717) is 42.5 Å². The van der Waals surface area contributed by atoms with Crippen LogP contribution in [0.1, 0.15) is 18.7 Å². The number of aryl methyl sites for hydroxylation is 1. The fraction of sp³-hybridized carbons (Fsp3) is 0.333. The number of benzene rings is 1. The number of aliphatic hydroxyl groups is 1. The molecule has 0 saturated carbocycles. The molecule has 1 heterocycles. The van der Waals surface area contributed by atoms with Crippen LogP contribution < -0.4 is 5.32 Å². The Morgan fingerprint density at radius 2 is 2.10 bits per heavy atom. The first kappa shape index (κ1) is 15.5. The van der Waals surface area contributed by atoms with Crippen molar-refractivity contribution >= 4 is 17.5 Å². The fourth-order valence-electron chi connectivity index (χ4n) is 1.79. The predicted molar refractivity (Wildman–Crippen MR) is 80.0 cm³/mol. The molecule has 2 rings (SSSR count). The number of hydrogen-bond acceptors (Lipinski definition) is 4. The number of halogens is 1. The zero-order valence-corrected chi connectivity index (χ0v) is 12.3. The zero-order chi connectivity index (χ0) is 15.1. The second-order valence-corrected chi connectivity index (χ2v) is 4.99. The normalized spacial score (nSPS) is 10.6. The van der Waals surface area contributed by atoms with Gasteiger partial charge in [-0.05, 0) is 30.7 Å². The molecule has 0 unspecified atom stereocenters. The van der Waals surface area contributed by atoms with Crippen LogP contribution in [0.5, 0.6) is 0 Å². The van der Waals surface area contributed by atoms with Crippen molar-refractivity contribution in [3.8, 4) is 11.3 Å². The lowest BCUT2D eigenvalue weighted by Crippen LogP contribution is -2.25. The molecule has 2 aromatic rings. The molecule has 1 amide bonds. The third kappa shape index (κ3) is 4.88. The highest BCUT2D eigenvalue weighted by Crippen LogP contribution is 2.22. The molecule has 2 N–H and O–H groups in total. The van der Waals surface area contributed by atoms with Gasteiger partial charge in [-0.1, -0.05) is 11.6 Å². The summed E-state index contributed by atoms with van der Waals surface area (Å²) < 4.78 is 5.61. The Labute approximate surface area is 128 Å². The van der Waals surface area contributed by atoms with Gasteiger partial charge in [0.1, 0.15) is 0 Å². The first-order valence-corrected chi connectivity index (χ1v) is 7.15. The molecule has 0 spiro atoms. The van der Waals surface area contributed by atoms with Crippen molar-refractivity contribution in [3.63, 3.8) is 0 Å². The molecule has 1 aromatic heterocycles. The van der Waals surface area contributed by atoms with Crippen molar-refractivity contribution in [2.24, 2.45) is 0 Å². The molecule has 0 bridgehead atoms. The van der Waals surface area contributed by atoms with Crippen molar-refractivity contribution in [2.45, 2.75) is 19.3 Å². The van der Waals surface area contributed by atoms with Gasteiger partial charge in [-0.3, -0.25) is 4.79 Å². The quantitative estimate of drug-likeness (QED) is 0.770. The Kier molecular flexibility index (Phi) is 5.78. The van der Waals surface area contributed by atoms with E-state index < -0.39 is 0 Å². The molecule has 0 fully saturated rings. The summed E-state index contributed by atoms with van der Waals surface area (Å²) in [6.07, 6.45) is 2.96. The van der Waals surface area contributed by atoms with Crippen molar-refractivity contribution in [2.75, 3.05) is 13.2 Å². The van der Waals surface area contributed by atoms with E-state index >= 15 is 0 Å². The second kappa shape index (κ2) is 7.81. The SMILES string of the molecule is O=C(CCc1ncc(-c2ccc(Cl)cc2)o1)NCCCO. The number of carbonyl (C=O) groups is 1. The first-order chi connectivity index (χ1) is 10.2. The monoisotopic (exact) mass is 308 g/mol. The number of nitrogens with zero attached hydrogens (tertiary/aromatic N) is 1. The maximum atomic E-state index is 11.5. The Hall–Kier alpha value is -1.85. The lowest BCUT2D eigenvalue weighted by atomic mass is 10.2. The van der Waals surface area contributed by atoms with Crippen LogP contribution in [0.4, 0.5) is 0 Å². The Morgan fingerprint density at radius 3 is 2.81 bits per heavy atom. The average Bonchev–Trinajstić information content (AvgIpc) is 2.95. The maximum Gasteiger partial charge on any atom is 0.220 e. The number of amides is 1. The Bertz CT molecular complexity index is 581. The molecule has 21 heavy (non-hydrogen) atoms.